The molecule has 1 aromatic carbocycles. The van der Waals surface area contributed by atoms with E-state index in [9.17, 15) is 18.3 Å². The van der Waals surface area contributed by atoms with E-state index < -0.39 is 17.3 Å². The first-order chi connectivity index (χ1) is 9.01. The summed E-state index contributed by atoms with van der Waals surface area (Å²) in [5.41, 5.74) is 3.34. The lowest BCUT2D eigenvalue weighted by molar-refractivity contribution is -0.136. The number of likely N-dealkylation sites (N-methyl/N-ethyl adjacent to an activating group) is 1. The third-order valence-electron chi connectivity index (χ3n) is 2.69. The lowest BCUT2D eigenvalue weighted by atomic mass is 10.1. The summed E-state index contributed by atoms with van der Waals surface area (Å²) in [4.78, 5) is 1.80. The molecule has 7 heteroatoms. The average molecular weight is 291 g/mol. The quantitative estimate of drug-likeness (QED) is 0.726. The zero-order valence-electron chi connectivity index (χ0n) is 11.8. The number of aliphatic hydroxyl groups is 1. The van der Waals surface area contributed by atoms with Gasteiger partial charge in [0.25, 0.3) is 0 Å². The molecule has 0 bridgehead atoms. The molecule has 1 atom stereocenters. The van der Waals surface area contributed by atoms with E-state index in [4.69, 9.17) is 5.73 Å². The van der Waals surface area contributed by atoms with E-state index in [0.717, 1.165) is 6.07 Å². The molecule has 0 amide bonds. The fourth-order valence-electron chi connectivity index (χ4n) is 1.94. The van der Waals surface area contributed by atoms with Crippen molar-refractivity contribution in [1.82, 2.24) is 4.90 Å². The van der Waals surface area contributed by atoms with Gasteiger partial charge in [-0.25, -0.2) is 0 Å². The summed E-state index contributed by atoms with van der Waals surface area (Å²) in [6.45, 7) is 2.13. The molecular weight excluding hydrogens is 271 g/mol. The summed E-state index contributed by atoms with van der Waals surface area (Å²) in [5.74, 6) is 0. The Labute approximate surface area is 116 Å². The predicted octanol–water partition coefficient (Wildman–Crippen LogP) is 2.01. The first kappa shape index (κ1) is 16.6. The highest BCUT2D eigenvalue weighted by molar-refractivity contribution is 5.58. The van der Waals surface area contributed by atoms with Gasteiger partial charge in [-0.2, -0.15) is 13.2 Å². The average Bonchev–Trinajstić information content (AvgIpc) is 2.24. The highest BCUT2D eigenvalue weighted by Gasteiger charge is 2.33. The van der Waals surface area contributed by atoms with Crippen molar-refractivity contribution in [2.45, 2.75) is 18.7 Å². The second-order valence-electron chi connectivity index (χ2n) is 5.39. The first-order valence-corrected chi connectivity index (χ1v) is 6.09. The van der Waals surface area contributed by atoms with Gasteiger partial charge in [0.1, 0.15) is 0 Å². The topological polar surface area (TPSA) is 61.5 Å². The highest BCUT2D eigenvalue weighted by atomic mass is 19.4. The Bertz CT molecular complexity index is 459. The number of hydrogen-bond donors (Lipinski definition) is 3. The van der Waals surface area contributed by atoms with Crippen LogP contribution < -0.4 is 11.1 Å². The molecule has 0 aliphatic heterocycles. The Hall–Kier alpha value is -1.47. The van der Waals surface area contributed by atoms with Gasteiger partial charge in [-0.15, -0.1) is 0 Å². The summed E-state index contributed by atoms with van der Waals surface area (Å²) >= 11 is 0. The smallest absolute Gasteiger partial charge is 0.398 e. The summed E-state index contributed by atoms with van der Waals surface area (Å²) < 4.78 is 38.1. The number of hydrogen-bond acceptors (Lipinski definition) is 4. The van der Waals surface area contributed by atoms with Crippen LogP contribution in [0.15, 0.2) is 18.2 Å². The summed E-state index contributed by atoms with van der Waals surface area (Å²) in [6, 6.07) is 3.60. The Morgan fingerprint density at radius 2 is 1.90 bits per heavy atom. The van der Waals surface area contributed by atoms with E-state index in [1.807, 2.05) is 0 Å². The first-order valence-electron chi connectivity index (χ1n) is 6.09. The van der Waals surface area contributed by atoms with Gasteiger partial charge in [-0.05, 0) is 39.2 Å². The van der Waals surface area contributed by atoms with Gasteiger partial charge < -0.3 is 21.1 Å². The number of nitrogens with zero attached hydrogens (tertiary/aromatic N) is 1. The summed E-state index contributed by atoms with van der Waals surface area (Å²) in [6.07, 6.45) is -4.49. The molecule has 1 rings (SSSR count). The molecule has 0 spiro atoms. The number of anilines is 2. The van der Waals surface area contributed by atoms with Gasteiger partial charge in [0, 0.05) is 24.5 Å². The molecule has 0 aliphatic rings. The Morgan fingerprint density at radius 3 is 2.40 bits per heavy atom. The second-order valence-corrected chi connectivity index (χ2v) is 5.39. The van der Waals surface area contributed by atoms with Crippen molar-refractivity contribution in [2.75, 3.05) is 38.2 Å². The van der Waals surface area contributed by atoms with Crippen LogP contribution in [0.4, 0.5) is 24.5 Å². The Kier molecular flexibility index (Phi) is 4.88. The van der Waals surface area contributed by atoms with Gasteiger partial charge in [0.05, 0.1) is 11.2 Å². The van der Waals surface area contributed by atoms with E-state index in [1.165, 1.54) is 12.1 Å². The van der Waals surface area contributed by atoms with Crippen molar-refractivity contribution in [2.24, 2.45) is 0 Å². The highest BCUT2D eigenvalue weighted by Crippen LogP contribution is 2.35. The van der Waals surface area contributed by atoms with Crippen LogP contribution >= 0.6 is 0 Å². The molecule has 4 nitrogen and oxygen atoms in total. The fourth-order valence-corrected chi connectivity index (χ4v) is 1.94. The maximum atomic E-state index is 12.7. The number of nitrogens with two attached hydrogens (primary N) is 1. The minimum Gasteiger partial charge on any atom is -0.398 e. The van der Waals surface area contributed by atoms with Crippen molar-refractivity contribution >= 4 is 11.4 Å². The summed E-state index contributed by atoms with van der Waals surface area (Å²) in [5, 5.41) is 12.9. The van der Waals surface area contributed by atoms with Crippen molar-refractivity contribution in [3.8, 4) is 0 Å². The Morgan fingerprint density at radius 1 is 1.30 bits per heavy atom. The van der Waals surface area contributed by atoms with Crippen LogP contribution in [0, 0.1) is 0 Å². The zero-order valence-corrected chi connectivity index (χ0v) is 11.8. The zero-order chi connectivity index (χ0) is 15.6. The minimum absolute atomic E-state index is 0.131. The van der Waals surface area contributed by atoms with Gasteiger partial charge >= 0.3 is 6.18 Å². The van der Waals surface area contributed by atoms with Crippen LogP contribution in [0.2, 0.25) is 0 Å². The lowest BCUT2D eigenvalue weighted by Gasteiger charge is -2.27. The Balaban J connectivity index is 2.80. The minimum atomic E-state index is -4.49. The lowest BCUT2D eigenvalue weighted by Crippen LogP contribution is -2.43. The molecule has 0 aromatic heterocycles. The van der Waals surface area contributed by atoms with Crippen molar-refractivity contribution < 1.29 is 18.3 Å². The SMILES string of the molecule is CN(C)CC(C)(O)CNc1ccc(N)c(C(F)(F)F)c1. The van der Waals surface area contributed by atoms with Crippen LogP contribution in [-0.4, -0.2) is 42.8 Å². The van der Waals surface area contributed by atoms with Crippen molar-refractivity contribution in [3.63, 3.8) is 0 Å². The third kappa shape index (κ3) is 4.90. The molecule has 114 valence electrons. The molecular formula is C13H20F3N3O. The second kappa shape index (κ2) is 5.88. The van der Waals surface area contributed by atoms with Gasteiger partial charge in [0.2, 0.25) is 0 Å². The van der Waals surface area contributed by atoms with Crippen molar-refractivity contribution in [1.29, 1.82) is 0 Å². The van der Waals surface area contributed by atoms with Crippen LogP contribution in [0.1, 0.15) is 12.5 Å². The fraction of sp³-hybridized carbons (Fsp3) is 0.538. The summed E-state index contributed by atoms with van der Waals surface area (Å²) in [7, 11) is 3.61. The molecule has 1 aromatic rings. The van der Waals surface area contributed by atoms with Crippen molar-refractivity contribution in [3.05, 3.63) is 23.8 Å². The van der Waals surface area contributed by atoms with Gasteiger partial charge in [0.15, 0.2) is 0 Å². The number of nitrogens with one attached hydrogen (secondary N) is 1. The van der Waals surface area contributed by atoms with E-state index in [0.29, 0.717) is 6.54 Å². The van der Waals surface area contributed by atoms with Crippen LogP contribution in [0.25, 0.3) is 0 Å². The van der Waals surface area contributed by atoms with E-state index in [1.54, 1.807) is 25.9 Å². The van der Waals surface area contributed by atoms with E-state index >= 15 is 0 Å². The maximum absolute atomic E-state index is 12.7. The molecule has 0 aliphatic carbocycles. The molecule has 0 heterocycles. The standard InChI is InChI=1S/C13H20F3N3O/c1-12(20,8-19(2)3)7-18-9-4-5-11(17)10(6-9)13(14,15)16/h4-6,18,20H,7-8,17H2,1-3H3. The van der Waals surface area contributed by atoms with Crippen LogP contribution in [0.5, 0.6) is 0 Å². The number of halogens is 3. The van der Waals surface area contributed by atoms with Gasteiger partial charge in [-0.3, -0.25) is 0 Å². The predicted molar refractivity (Wildman–Crippen MR) is 73.5 cm³/mol. The van der Waals surface area contributed by atoms with Crippen LogP contribution in [-0.2, 0) is 6.18 Å². The normalized spacial score (nSPS) is 15.2. The molecule has 0 saturated carbocycles. The van der Waals surface area contributed by atoms with E-state index in [-0.39, 0.29) is 17.9 Å². The molecule has 4 N–H and O–H groups in total. The molecule has 0 radical (unpaired) electrons. The van der Waals surface area contributed by atoms with E-state index in [2.05, 4.69) is 5.32 Å². The van der Waals surface area contributed by atoms with Crippen LogP contribution in [0.3, 0.4) is 0 Å². The van der Waals surface area contributed by atoms with Gasteiger partial charge in [-0.1, -0.05) is 0 Å². The maximum Gasteiger partial charge on any atom is 0.418 e. The number of benzene rings is 1. The molecule has 0 saturated heterocycles. The molecule has 0 fully saturated rings. The number of rotatable bonds is 5. The largest absolute Gasteiger partial charge is 0.418 e. The number of nitrogen functional groups attached to an aromatic ring is 1. The third-order valence-corrected chi connectivity index (χ3v) is 2.69. The molecule has 1 unspecified atom stereocenters. The monoisotopic (exact) mass is 291 g/mol. The number of alkyl halides is 3. The molecule has 20 heavy (non-hydrogen) atoms.